The molecular formula is C19H17ClF2N4O. The van der Waals surface area contributed by atoms with Gasteiger partial charge in [0, 0.05) is 34.8 Å². The smallest absolute Gasteiger partial charge is 0.331 e. The average molecular weight is 391 g/mol. The molecule has 140 valence electrons. The summed E-state index contributed by atoms with van der Waals surface area (Å²) in [4.78, 5) is 11.9. The lowest BCUT2D eigenvalue weighted by molar-refractivity contribution is 0.252. The number of anilines is 1. The van der Waals surface area contributed by atoms with Gasteiger partial charge < -0.3 is 9.88 Å². The number of halogens is 3. The highest BCUT2D eigenvalue weighted by Gasteiger charge is 2.13. The Labute approximate surface area is 159 Å². The summed E-state index contributed by atoms with van der Waals surface area (Å²) < 4.78 is 28.1. The minimum Gasteiger partial charge on any atom is -0.331 e. The fraction of sp³-hybridized carbons (Fsp3) is 0.158. The molecule has 0 aliphatic carbocycles. The number of fused-ring (bicyclic) bond motifs is 1. The van der Waals surface area contributed by atoms with Gasteiger partial charge >= 0.3 is 6.03 Å². The molecule has 0 saturated heterocycles. The first-order valence-corrected chi connectivity index (χ1v) is 8.71. The van der Waals surface area contributed by atoms with E-state index in [9.17, 15) is 13.6 Å². The Kier molecular flexibility index (Phi) is 5.71. The van der Waals surface area contributed by atoms with Gasteiger partial charge in [-0.1, -0.05) is 36.7 Å². The number of hydrazone groups is 1. The molecule has 3 rings (SSSR count). The second kappa shape index (κ2) is 8.18. The molecule has 8 heteroatoms. The molecule has 3 aromatic rings. The Hall–Kier alpha value is -2.93. The highest BCUT2D eigenvalue weighted by atomic mass is 35.5. The number of urea groups is 1. The molecule has 0 unspecified atom stereocenters. The number of benzene rings is 2. The lowest BCUT2D eigenvalue weighted by Crippen LogP contribution is -2.24. The second-order valence-corrected chi connectivity index (χ2v) is 6.18. The van der Waals surface area contributed by atoms with E-state index in [4.69, 9.17) is 11.6 Å². The van der Waals surface area contributed by atoms with Crippen LogP contribution in [0.1, 0.15) is 18.9 Å². The molecule has 27 heavy (non-hydrogen) atoms. The zero-order chi connectivity index (χ0) is 19.4. The molecule has 0 atom stereocenters. The maximum absolute atomic E-state index is 13.2. The van der Waals surface area contributed by atoms with Gasteiger partial charge in [-0.15, -0.1) is 0 Å². The van der Waals surface area contributed by atoms with Gasteiger partial charge in [0.2, 0.25) is 0 Å². The van der Waals surface area contributed by atoms with E-state index in [0.29, 0.717) is 10.7 Å². The van der Waals surface area contributed by atoms with Crippen LogP contribution in [0, 0.1) is 11.6 Å². The van der Waals surface area contributed by atoms with E-state index in [1.165, 1.54) is 12.3 Å². The van der Waals surface area contributed by atoms with E-state index in [0.717, 1.165) is 36.0 Å². The lowest BCUT2D eigenvalue weighted by Gasteiger charge is -2.04. The molecular weight excluding hydrogens is 374 g/mol. The summed E-state index contributed by atoms with van der Waals surface area (Å²) in [5.74, 6) is -2.04. The third kappa shape index (κ3) is 4.09. The van der Waals surface area contributed by atoms with Crippen molar-refractivity contribution in [1.82, 2.24) is 9.99 Å². The maximum atomic E-state index is 13.2. The van der Waals surface area contributed by atoms with Crippen molar-refractivity contribution in [3.8, 4) is 0 Å². The van der Waals surface area contributed by atoms with Crippen molar-refractivity contribution in [3.05, 3.63) is 64.8 Å². The Morgan fingerprint density at radius 3 is 2.74 bits per heavy atom. The molecule has 0 fully saturated rings. The van der Waals surface area contributed by atoms with Gasteiger partial charge in [0.25, 0.3) is 0 Å². The fourth-order valence-corrected chi connectivity index (χ4v) is 3.08. The minimum absolute atomic E-state index is 0.110. The normalized spacial score (nSPS) is 11.3. The largest absolute Gasteiger partial charge is 0.339 e. The molecule has 0 bridgehead atoms. The predicted molar refractivity (Wildman–Crippen MR) is 103 cm³/mol. The first-order valence-electron chi connectivity index (χ1n) is 8.33. The molecule has 1 aromatic heterocycles. The van der Waals surface area contributed by atoms with Gasteiger partial charge in [-0.25, -0.2) is 19.0 Å². The SMILES string of the molecule is CCCn1c(Cl)c(/C=N/NC(=O)Nc2ccc(F)c(F)c2)c2ccccc21. The third-order valence-electron chi connectivity index (χ3n) is 3.93. The van der Waals surface area contributed by atoms with E-state index in [1.54, 1.807) is 0 Å². The summed E-state index contributed by atoms with van der Waals surface area (Å²) in [6.07, 6.45) is 2.38. The van der Waals surface area contributed by atoms with Crippen LogP contribution >= 0.6 is 11.6 Å². The quantitative estimate of drug-likeness (QED) is 0.460. The van der Waals surface area contributed by atoms with Gasteiger partial charge in [-0.2, -0.15) is 5.10 Å². The molecule has 0 radical (unpaired) electrons. The van der Waals surface area contributed by atoms with Crippen molar-refractivity contribution in [2.75, 3.05) is 5.32 Å². The van der Waals surface area contributed by atoms with Crippen LogP contribution in [0.3, 0.4) is 0 Å². The molecule has 2 N–H and O–H groups in total. The van der Waals surface area contributed by atoms with E-state index < -0.39 is 17.7 Å². The zero-order valence-electron chi connectivity index (χ0n) is 14.5. The standard InChI is InChI=1S/C19H17ClF2N4O/c1-2-9-26-17-6-4-3-5-13(17)14(18(26)20)11-23-25-19(27)24-12-7-8-15(21)16(22)10-12/h3-8,10-11H,2,9H2,1H3,(H2,24,25,27)/b23-11+. The van der Waals surface area contributed by atoms with Gasteiger partial charge in [-0.3, -0.25) is 0 Å². The van der Waals surface area contributed by atoms with Crippen molar-refractivity contribution in [1.29, 1.82) is 0 Å². The third-order valence-corrected chi connectivity index (χ3v) is 4.34. The van der Waals surface area contributed by atoms with E-state index in [1.807, 2.05) is 28.8 Å². The number of amides is 2. The van der Waals surface area contributed by atoms with E-state index >= 15 is 0 Å². The lowest BCUT2D eigenvalue weighted by atomic mass is 10.2. The van der Waals surface area contributed by atoms with Crippen LogP contribution in [0.4, 0.5) is 19.3 Å². The molecule has 0 spiro atoms. The number of aromatic nitrogens is 1. The van der Waals surface area contributed by atoms with Crippen LogP contribution in [-0.4, -0.2) is 16.8 Å². The summed E-state index contributed by atoms with van der Waals surface area (Å²) in [5.41, 5.74) is 4.06. The molecule has 0 aliphatic rings. The summed E-state index contributed by atoms with van der Waals surface area (Å²) in [6.45, 7) is 2.82. The maximum Gasteiger partial charge on any atom is 0.339 e. The highest BCUT2D eigenvalue weighted by molar-refractivity contribution is 6.34. The average Bonchev–Trinajstić information content (AvgIpc) is 2.91. The summed E-state index contributed by atoms with van der Waals surface area (Å²) in [5, 5.41) is 7.73. The number of hydrogen-bond acceptors (Lipinski definition) is 2. The number of hydrogen-bond donors (Lipinski definition) is 2. The number of nitrogens with one attached hydrogen (secondary N) is 2. The molecule has 0 saturated carbocycles. The topological polar surface area (TPSA) is 58.4 Å². The molecule has 5 nitrogen and oxygen atoms in total. The zero-order valence-corrected chi connectivity index (χ0v) is 15.2. The Bertz CT molecular complexity index is 1020. The monoisotopic (exact) mass is 390 g/mol. The Morgan fingerprint density at radius 2 is 2.00 bits per heavy atom. The molecule has 2 aromatic carbocycles. The first kappa shape index (κ1) is 18.8. The molecule has 0 aliphatic heterocycles. The molecule has 1 heterocycles. The van der Waals surface area contributed by atoms with Gasteiger partial charge in [-0.05, 0) is 24.6 Å². The summed E-state index contributed by atoms with van der Waals surface area (Å²) >= 11 is 6.47. The number of carbonyl (C=O) groups is 1. The number of carbonyl (C=O) groups excluding carboxylic acids is 1. The van der Waals surface area contributed by atoms with Crippen LogP contribution in [0.5, 0.6) is 0 Å². The molecule has 2 amide bonds. The van der Waals surface area contributed by atoms with Crippen molar-refractivity contribution in [3.63, 3.8) is 0 Å². The van der Waals surface area contributed by atoms with Crippen LogP contribution in [0.2, 0.25) is 5.15 Å². The van der Waals surface area contributed by atoms with Crippen LogP contribution in [-0.2, 0) is 6.54 Å². The number of para-hydroxylation sites is 1. The van der Waals surface area contributed by atoms with Gasteiger partial charge in [0.15, 0.2) is 11.6 Å². The number of nitrogens with zero attached hydrogens (tertiary/aromatic N) is 2. The summed E-state index contributed by atoms with van der Waals surface area (Å²) in [6, 6.07) is 10.1. The van der Waals surface area contributed by atoms with E-state index in [-0.39, 0.29) is 5.69 Å². The van der Waals surface area contributed by atoms with Crippen LogP contribution in [0.25, 0.3) is 10.9 Å². The first-order chi connectivity index (χ1) is 13.0. The predicted octanol–water partition coefficient (Wildman–Crippen LogP) is 5.14. The van der Waals surface area contributed by atoms with Crippen molar-refractivity contribution >= 4 is 40.4 Å². The van der Waals surface area contributed by atoms with Crippen molar-refractivity contribution in [2.24, 2.45) is 5.10 Å². The highest BCUT2D eigenvalue weighted by Crippen LogP contribution is 2.29. The van der Waals surface area contributed by atoms with Crippen LogP contribution in [0.15, 0.2) is 47.6 Å². The van der Waals surface area contributed by atoms with Gasteiger partial charge in [0.05, 0.1) is 6.21 Å². The second-order valence-electron chi connectivity index (χ2n) is 5.83. The number of rotatable bonds is 5. The van der Waals surface area contributed by atoms with Crippen molar-refractivity contribution in [2.45, 2.75) is 19.9 Å². The number of aryl methyl sites for hydroxylation is 1. The Morgan fingerprint density at radius 1 is 1.22 bits per heavy atom. The van der Waals surface area contributed by atoms with Gasteiger partial charge in [0.1, 0.15) is 5.15 Å². The van der Waals surface area contributed by atoms with Crippen LogP contribution < -0.4 is 10.7 Å². The Balaban J connectivity index is 1.75. The van der Waals surface area contributed by atoms with Crippen molar-refractivity contribution < 1.29 is 13.6 Å². The minimum atomic E-state index is -1.05. The fourth-order valence-electron chi connectivity index (χ4n) is 2.75. The van der Waals surface area contributed by atoms with E-state index in [2.05, 4.69) is 22.8 Å². The summed E-state index contributed by atoms with van der Waals surface area (Å²) in [7, 11) is 0.